The van der Waals surface area contributed by atoms with E-state index in [4.69, 9.17) is 4.74 Å². The van der Waals surface area contributed by atoms with Crippen molar-refractivity contribution >= 4 is 21.6 Å². The lowest BCUT2D eigenvalue weighted by molar-refractivity contribution is 0.181. The van der Waals surface area contributed by atoms with Crippen molar-refractivity contribution in [1.82, 2.24) is 14.7 Å². The minimum atomic E-state index is -0.154. The topological polar surface area (TPSA) is 59.4 Å². The Morgan fingerprint density at radius 1 is 1.58 bits per heavy atom. The average molecular weight is 333 g/mol. The van der Waals surface area contributed by atoms with Crippen LogP contribution >= 0.6 is 15.9 Å². The van der Waals surface area contributed by atoms with Crippen molar-refractivity contribution in [2.75, 3.05) is 39.7 Å². The minimum Gasteiger partial charge on any atom is -0.383 e. The highest BCUT2D eigenvalue weighted by molar-refractivity contribution is 9.10. The van der Waals surface area contributed by atoms with Crippen LogP contribution in [-0.2, 0) is 11.3 Å². The summed E-state index contributed by atoms with van der Waals surface area (Å²) >= 11 is 3.33. The molecule has 0 bridgehead atoms. The maximum Gasteiger partial charge on any atom is 0.283 e. The number of nitrogens with zero attached hydrogens (tertiary/aromatic N) is 3. The number of rotatable bonds is 7. The van der Waals surface area contributed by atoms with Crippen LogP contribution in [0.1, 0.15) is 6.92 Å². The number of nitrogens with one attached hydrogen (secondary N) is 1. The third kappa shape index (κ3) is 4.93. The normalized spacial score (nSPS) is 12.7. The zero-order valence-corrected chi connectivity index (χ0v) is 13.4. The molecule has 108 valence electrons. The molecule has 19 heavy (non-hydrogen) atoms. The lowest BCUT2D eigenvalue weighted by Gasteiger charge is -2.20. The molecule has 1 rings (SSSR count). The molecule has 1 atom stereocenters. The van der Waals surface area contributed by atoms with E-state index in [0.717, 1.165) is 6.54 Å². The van der Waals surface area contributed by atoms with E-state index in [1.807, 2.05) is 14.1 Å². The Morgan fingerprint density at radius 2 is 2.26 bits per heavy atom. The molecule has 0 fully saturated rings. The quantitative estimate of drug-likeness (QED) is 0.807. The van der Waals surface area contributed by atoms with Crippen molar-refractivity contribution in [2.24, 2.45) is 0 Å². The van der Waals surface area contributed by atoms with E-state index in [2.05, 4.69) is 38.2 Å². The summed E-state index contributed by atoms with van der Waals surface area (Å²) in [5, 5.41) is 7.40. The maximum absolute atomic E-state index is 12.0. The van der Waals surface area contributed by atoms with Gasteiger partial charge in [-0.25, -0.2) is 4.68 Å². The molecular formula is C12H21BrN4O2. The van der Waals surface area contributed by atoms with E-state index in [9.17, 15) is 4.79 Å². The second kappa shape index (κ2) is 7.62. The fourth-order valence-corrected chi connectivity index (χ4v) is 2.18. The summed E-state index contributed by atoms with van der Waals surface area (Å²) in [6.07, 6.45) is 1.66. The molecule has 0 saturated carbocycles. The highest BCUT2D eigenvalue weighted by Gasteiger charge is 2.11. The first kappa shape index (κ1) is 16.1. The zero-order chi connectivity index (χ0) is 14.4. The van der Waals surface area contributed by atoms with Crippen LogP contribution in [0.5, 0.6) is 0 Å². The number of aromatic nitrogens is 2. The van der Waals surface area contributed by atoms with Crippen molar-refractivity contribution in [3.05, 3.63) is 21.0 Å². The molecule has 0 aliphatic rings. The first-order valence-corrected chi connectivity index (χ1v) is 6.90. The smallest absolute Gasteiger partial charge is 0.283 e. The molecule has 0 spiro atoms. The van der Waals surface area contributed by atoms with Gasteiger partial charge in [-0.2, -0.15) is 5.10 Å². The number of methoxy groups -OCH3 is 1. The maximum atomic E-state index is 12.0. The molecule has 1 N–H and O–H groups in total. The van der Waals surface area contributed by atoms with Gasteiger partial charge in [0.05, 0.1) is 25.0 Å². The molecule has 1 aromatic heterocycles. The van der Waals surface area contributed by atoms with E-state index in [1.165, 1.54) is 4.68 Å². The predicted molar refractivity (Wildman–Crippen MR) is 79.7 cm³/mol. The van der Waals surface area contributed by atoms with E-state index in [1.54, 1.807) is 13.3 Å². The van der Waals surface area contributed by atoms with Crippen LogP contribution < -0.4 is 10.9 Å². The van der Waals surface area contributed by atoms with Gasteiger partial charge in [-0.15, -0.1) is 0 Å². The number of halogens is 1. The molecule has 7 heteroatoms. The molecule has 1 aromatic rings. The van der Waals surface area contributed by atoms with Crippen LogP contribution in [0.4, 0.5) is 5.69 Å². The predicted octanol–water partition coefficient (Wildman–Crippen LogP) is 1.01. The second-order valence-corrected chi connectivity index (χ2v) is 5.49. The van der Waals surface area contributed by atoms with Gasteiger partial charge in [-0.05, 0) is 36.9 Å². The second-order valence-electron chi connectivity index (χ2n) is 4.70. The molecule has 0 amide bonds. The van der Waals surface area contributed by atoms with Gasteiger partial charge >= 0.3 is 0 Å². The zero-order valence-electron chi connectivity index (χ0n) is 11.8. The third-order valence-corrected chi connectivity index (χ3v) is 3.30. The Labute approximate surface area is 121 Å². The number of hydrogen-bond donors (Lipinski definition) is 1. The van der Waals surface area contributed by atoms with E-state index in [-0.39, 0.29) is 11.6 Å². The van der Waals surface area contributed by atoms with Crippen molar-refractivity contribution in [3.8, 4) is 0 Å². The first-order valence-electron chi connectivity index (χ1n) is 6.11. The minimum absolute atomic E-state index is 0.154. The molecular weight excluding hydrogens is 312 g/mol. The fourth-order valence-electron chi connectivity index (χ4n) is 1.76. The molecule has 1 unspecified atom stereocenters. The Kier molecular flexibility index (Phi) is 6.47. The largest absolute Gasteiger partial charge is 0.383 e. The summed E-state index contributed by atoms with van der Waals surface area (Å²) < 4.78 is 6.83. The highest BCUT2D eigenvalue weighted by atomic mass is 79.9. The highest BCUT2D eigenvalue weighted by Crippen LogP contribution is 2.17. The van der Waals surface area contributed by atoms with Crippen LogP contribution in [0.2, 0.25) is 0 Å². The van der Waals surface area contributed by atoms with Gasteiger partial charge < -0.3 is 15.0 Å². The van der Waals surface area contributed by atoms with Gasteiger partial charge in [-0.1, -0.05) is 0 Å². The summed E-state index contributed by atoms with van der Waals surface area (Å²) in [6.45, 7) is 3.84. The molecule has 6 nitrogen and oxygen atoms in total. The number of ether oxygens (including phenoxy) is 1. The van der Waals surface area contributed by atoms with Crippen LogP contribution in [-0.4, -0.2) is 55.1 Å². The van der Waals surface area contributed by atoms with Crippen molar-refractivity contribution in [2.45, 2.75) is 19.5 Å². The summed E-state index contributed by atoms with van der Waals surface area (Å²) in [5.41, 5.74) is 0.562. The molecule has 0 aliphatic heterocycles. The Balaban J connectivity index is 2.81. The summed E-state index contributed by atoms with van der Waals surface area (Å²) in [7, 11) is 5.61. The third-order valence-electron chi connectivity index (χ3n) is 2.53. The van der Waals surface area contributed by atoms with E-state index >= 15 is 0 Å². The van der Waals surface area contributed by atoms with Gasteiger partial charge in [0.1, 0.15) is 4.47 Å². The Bertz CT molecular complexity index is 462. The van der Waals surface area contributed by atoms with Gasteiger partial charge in [-0.3, -0.25) is 4.79 Å². The van der Waals surface area contributed by atoms with E-state index in [0.29, 0.717) is 23.3 Å². The van der Waals surface area contributed by atoms with Crippen LogP contribution in [0.25, 0.3) is 0 Å². The van der Waals surface area contributed by atoms with Crippen LogP contribution in [0.3, 0.4) is 0 Å². The summed E-state index contributed by atoms with van der Waals surface area (Å²) in [6, 6.07) is 0.224. The van der Waals surface area contributed by atoms with Crippen LogP contribution in [0.15, 0.2) is 15.5 Å². The summed E-state index contributed by atoms with van der Waals surface area (Å²) in [4.78, 5) is 14.1. The molecule has 0 aromatic carbocycles. The van der Waals surface area contributed by atoms with Crippen molar-refractivity contribution < 1.29 is 4.74 Å². The van der Waals surface area contributed by atoms with Gasteiger partial charge in [0.2, 0.25) is 0 Å². The SMILES string of the molecule is COCCn1ncc(NC(C)CN(C)C)c(Br)c1=O. The van der Waals surface area contributed by atoms with Crippen LogP contribution in [0, 0.1) is 0 Å². The molecule has 0 aliphatic carbocycles. The number of hydrogen-bond acceptors (Lipinski definition) is 5. The monoisotopic (exact) mass is 332 g/mol. The standard InChI is InChI=1S/C12H21BrN4O2/c1-9(8-16(2)3)15-10-7-14-17(5-6-19-4)12(18)11(10)13/h7,9,15H,5-6,8H2,1-4H3. The average Bonchev–Trinajstić information content (AvgIpc) is 2.33. The van der Waals surface area contributed by atoms with Crippen molar-refractivity contribution in [1.29, 1.82) is 0 Å². The number of likely N-dealkylation sites (N-methyl/N-ethyl adjacent to an activating group) is 1. The first-order chi connectivity index (χ1) is 8.95. The molecule has 0 saturated heterocycles. The number of anilines is 1. The molecule has 0 radical (unpaired) electrons. The summed E-state index contributed by atoms with van der Waals surface area (Å²) in [5.74, 6) is 0. The Hall–Kier alpha value is -0.920. The lowest BCUT2D eigenvalue weighted by atomic mass is 10.3. The fraction of sp³-hybridized carbons (Fsp3) is 0.667. The van der Waals surface area contributed by atoms with E-state index < -0.39 is 0 Å². The Morgan fingerprint density at radius 3 is 2.84 bits per heavy atom. The lowest BCUT2D eigenvalue weighted by Crippen LogP contribution is -2.32. The van der Waals surface area contributed by atoms with Gasteiger partial charge in [0.15, 0.2) is 0 Å². The van der Waals surface area contributed by atoms with Gasteiger partial charge in [0, 0.05) is 19.7 Å². The molecule has 1 heterocycles. The van der Waals surface area contributed by atoms with Gasteiger partial charge in [0.25, 0.3) is 5.56 Å². The van der Waals surface area contributed by atoms with Crippen molar-refractivity contribution in [3.63, 3.8) is 0 Å².